The predicted octanol–water partition coefficient (Wildman–Crippen LogP) is 3.55. The van der Waals surface area contributed by atoms with Crippen LogP contribution in [0.2, 0.25) is 0 Å². The summed E-state index contributed by atoms with van der Waals surface area (Å²) in [6, 6.07) is 12.6. The summed E-state index contributed by atoms with van der Waals surface area (Å²) in [4.78, 5) is 45.0. The average Bonchev–Trinajstić information content (AvgIpc) is 3.50. The lowest BCUT2D eigenvalue weighted by Crippen LogP contribution is -2.27. The monoisotopic (exact) mass is 531 g/mol. The number of anilines is 1. The van der Waals surface area contributed by atoms with Crippen molar-refractivity contribution in [3.8, 4) is 22.5 Å². The topological polar surface area (TPSA) is 136 Å². The Hall–Kier alpha value is -4.90. The molecule has 0 atom stereocenters. The molecule has 1 aliphatic heterocycles. The maximum Gasteiger partial charge on any atom is 0.271 e. The maximum absolute atomic E-state index is 15.3. The van der Waals surface area contributed by atoms with Crippen LogP contribution < -0.4 is 16.0 Å². The predicted molar refractivity (Wildman–Crippen MR) is 139 cm³/mol. The van der Waals surface area contributed by atoms with Gasteiger partial charge in [0.25, 0.3) is 17.7 Å². The molecule has 5 rings (SSSR count). The summed E-state index contributed by atoms with van der Waals surface area (Å²) in [6.07, 6.45) is 0. The number of halogens is 2. The summed E-state index contributed by atoms with van der Waals surface area (Å²) in [6.45, 7) is 1.70. The summed E-state index contributed by atoms with van der Waals surface area (Å²) in [5.74, 6) is -2.29. The molecule has 0 unspecified atom stereocenters. The third kappa shape index (κ3) is 4.99. The van der Waals surface area contributed by atoms with Crippen LogP contribution in [0.3, 0.4) is 0 Å². The molecule has 5 N–H and O–H groups in total. The highest BCUT2D eigenvalue weighted by Gasteiger charge is 2.29. The number of fused-ring (bicyclic) bond motifs is 1. The molecule has 11 heteroatoms. The first kappa shape index (κ1) is 25.7. The first-order valence-corrected chi connectivity index (χ1v) is 12.0. The number of carbonyl (C=O) groups is 3. The van der Waals surface area contributed by atoms with E-state index in [1.165, 1.54) is 30.3 Å². The van der Waals surface area contributed by atoms with E-state index >= 15 is 4.39 Å². The molecule has 0 bridgehead atoms. The van der Waals surface area contributed by atoms with Crippen molar-refractivity contribution < 1.29 is 28.3 Å². The minimum absolute atomic E-state index is 0.0752. The summed E-state index contributed by atoms with van der Waals surface area (Å²) < 4.78 is 28.7. The van der Waals surface area contributed by atoms with Gasteiger partial charge in [-0.05, 0) is 60.5 Å². The molecule has 0 fully saturated rings. The van der Waals surface area contributed by atoms with E-state index in [1.807, 2.05) is 0 Å². The Morgan fingerprint density at radius 1 is 1.03 bits per heavy atom. The third-order valence-electron chi connectivity index (χ3n) is 6.32. The Bertz CT molecular complexity index is 1630. The number of hydrogen-bond acceptors (Lipinski definition) is 5. The van der Waals surface area contributed by atoms with Crippen LogP contribution >= 0.6 is 0 Å². The van der Waals surface area contributed by atoms with Crippen LogP contribution in [0.15, 0.2) is 54.6 Å². The molecule has 0 aliphatic carbocycles. The fourth-order valence-electron chi connectivity index (χ4n) is 4.50. The molecule has 0 saturated heterocycles. The normalized spacial score (nSPS) is 12.2. The van der Waals surface area contributed by atoms with Crippen molar-refractivity contribution in [2.24, 2.45) is 0 Å². The molecule has 0 spiro atoms. The number of amides is 3. The molecular formula is C28H23F2N5O4. The van der Waals surface area contributed by atoms with Gasteiger partial charge in [0.2, 0.25) is 0 Å². The zero-order valence-electron chi connectivity index (χ0n) is 20.7. The first-order valence-electron chi connectivity index (χ1n) is 12.0. The van der Waals surface area contributed by atoms with E-state index in [9.17, 15) is 18.8 Å². The molecule has 39 heavy (non-hydrogen) atoms. The number of imidazole rings is 1. The molecular weight excluding hydrogens is 508 g/mol. The second-order valence-electron chi connectivity index (χ2n) is 8.89. The van der Waals surface area contributed by atoms with Crippen LogP contribution in [-0.2, 0) is 6.54 Å². The number of aliphatic hydroxyl groups is 1. The summed E-state index contributed by atoms with van der Waals surface area (Å²) >= 11 is 0. The van der Waals surface area contributed by atoms with Gasteiger partial charge in [0.05, 0.1) is 12.2 Å². The van der Waals surface area contributed by atoms with E-state index in [-0.39, 0.29) is 48.1 Å². The molecule has 0 saturated carbocycles. The fraction of sp³-hybridized carbons (Fsp3) is 0.143. The molecule has 9 nitrogen and oxygen atoms in total. The Labute approximate surface area is 221 Å². The lowest BCUT2D eigenvalue weighted by molar-refractivity contribution is 0.0937. The second-order valence-corrected chi connectivity index (χ2v) is 8.89. The zero-order chi connectivity index (χ0) is 27.7. The number of carbonyl (C=O) groups excluding carboxylic acids is 3. The van der Waals surface area contributed by atoms with Crippen LogP contribution in [0.4, 0.5) is 14.5 Å². The smallest absolute Gasteiger partial charge is 0.271 e. The molecule has 1 aliphatic rings. The number of aliphatic hydroxyl groups excluding tert-OH is 1. The van der Waals surface area contributed by atoms with Crippen molar-refractivity contribution in [2.75, 3.05) is 18.5 Å². The minimum atomic E-state index is -0.627. The van der Waals surface area contributed by atoms with E-state index in [0.29, 0.717) is 33.8 Å². The van der Waals surface area contributed by atoms with Crippen molar-refractivity contribution in [2.45, 2.75) is 13.5 Å². The van der Waals surface area contributed by atoms with E-state index < -0.39 is 23.4 Å². The number of H-pyrrole nitrogens is 1. The Morgan fingerprint density at radius 3 is 2.54 bits per heavy atom. The van der Waals surface area contributed by atoms with Crippen molar-refractivity contribution >= 4 is 23.4 Å². The van der Waals surface area contributed by atoms with Crippen molar-refractivity contribution in [1.29, 1.82) is 0 Å². The van der Waals surface area contributed by atoms with Crippen molar-refractivity contribution in [3.05, 3.63) is 94.3 Å². The van der Waals surface area contributed by atoms with Gasteiger partial charge in [0, 0.05) is 41.2 Å². The first-order chi connectivity index (χ1) is 18.8. The lowest BCUT2D eigenvalue weighted by Gasteiger charge is -2.13. The van der Waals surface area contributed by atoms with Crippen molar-refractivity contribution in [3.63, 3.8) is 0 Å². The molecule has 198 valence electrons. The van der Waals surface area contributed by atoms with E-state index in [2.05, 4.69) is 25.9 Å². The van der Waals surface area contributed by atoms with Gasteiger partial charge >= 0.3 is 0 Å². The molecule has 0 radical (unpaired) electrons. The Kier molecular flexibility index (Phi) is 6.90. The number of hydrogen-bond donors (Lipinski definition) is 5. The highest BCUT2D eigenvalue weighted by atomic mass is 19.1. The lowest BCUT2D eigenvalue weighted by atomic mass is 9.92. The highest BCUT2D eigenvalue weighted by molar-refractivity contribution is 6.07. The van der Waals surface area contributed by atoms with Gasteiger partial charge in [-0.2, -0.15) is 0 Å². The van der Waals surface area contributed by atoms with Crippen LogP contribution in [0.5, 0.6) is 0 Å². The fourth-order valence-corrected chi connectivity index (χ4v) is 4.50. The number of aromatic amines is 1. The van der Waals surface area contributed by atoms with Crippen LogP contribution in [0.1, 0.15) is 42.5 Å². The van der Waals surface area contributed by atoms with Crippen molar-refractivity contribution in [1.82, 2.24) is 20.6 Å². The maximum atomic E-state index is 15.3. The number of rotatable bonds is 7. The summed E-state index contributed by atoms with van der Waals surface area (Å²) in [5, 5.41) is 16.8. The average molecular weight is 532 g/mol. The highest BCUT2D eigenvalue weighted by Crippen LogP contribution is 2.37. The van der Waals surface area contributed by atoms with E-state index in [1.54, 1.807) is 19.1 Å². The molecule has 3 aromatic carbocycles. The van der Waals surface area contributed by atoms with Gasteiger partial charge in [-0.3, -0.25) is 14.4 Å². The third-order valence-corrected chi connectivity index (χ3v) is 6.32. The van der Waals surface area contributed by atoms with Crippen LogP contribution in [0, 0.1) is 18.6 Å². The standard InChI is InChI=1S/C28H23F2N5O4/c1-14-24(28(39)31-9-10-36)35-25(33-14)20-8-7-18(21-13-32-27(38)23(20)21)19-6-5-17(12-22(19)30)34-26(37)15-3-2-4-16(29)11-15/h2-8,11-12,36H,9-10,13H2,1H3,(H,31,39)(H,32,38)(H,33,35)(H,34,37). The van der Waals surface area contributed by atoms with Gasteiger partial charge in [-0.1, -0.05) is 12.1 Å². The number of nitrogens with zero attached hydrogens (tertiary/aromatic N) is 1. The van der Waals surface area contributed by atoms with Crippen LogP contribution in [0.25, 0.3) is 22.5 Å². The number of aryl methyl sites for hydroxylation is 1. The molecule has 4 aromatic rings. The van der Waals surface area contributed by atoms with Gasteiger partial charge in [-0.25, -0.2) is 13.8 Å². The van der Waals surface area contributed by atoms with Gasteiger partial charge in [0.15, 0.2) is 0 Å². The second kappa shape index (κ2) is 10.5. The number of aromatic nitrogens is 2. The minimum Gasteiger partial charge on any atom is -0.395 e. The Morgan fingerprint density at radius 2 is 1.79 bits per heavy atom. The molecule has 3 amide bonds. The van der Waals surface area contributed by atoms with Crippen LogP contribution in [-0.4, -0.2) is 45.9 Å². The van der Waals surface area contributed by atoms with E-state index in [4.69, 9.17) is 5.11 Å². The summed E-state index contributed by atoms with van der Waals surface area (Å²) in [5.41, 5.74) is 2.93. The molecule has 2 heterocycles. The van der Waals surface area contributed by atoms with Gasteiger partial charge in [-0.15, -0.1) is 0 Å². The Balaban J connectivity index is 1.47. The number of benzene rings is 3. The SMILES string of the molecule is Cc1[nH]c(-c2ccc(-c3ccc(NC(=O)c4cccc(F)c4)cc3F)c3c2C(=O)NC3)nc1C(=O)NCCO. The van der Waals surface area contributed by atoms with E-state index in [0.717, 1.165) is 12.1 Å². The largest absolute Gasteiger partial charge is 0.395 e. The number of nitrogens with one attached hydrogen (secondary N) is 4. The van der Waals surface area contributed by atoms with Gasteiger partial charge < -0.3 is 26.0 Å². The molecule has 1 aromatic heterocycles. The summed E-state index contributed by atoms with van der Waals surface area (Å²) in [7, 11) is 0. The zero-order valence-corrected chi connectivity index (χ0v) is 20.7. The van der Waals surface area contributed by atoms with Gasteiger partial charge in [0.1, 0.15) is 23.2 Å². The quantitative estimate of drug-likeness (QED) is 0.249.